The molecule has 2 aromatic carbocycles. The highest BCUT2D eigenvalue weighted by Crippen LogP contribution is 2.36. The smallest absolute Gasteiger partial charge is 0.254 e. The highest BCUT2D eigenvalue weighted by atomic mass is 16.2. The minimum atomic E-state index is -0.367. The molecule has 4 aromatic rings. The van der Waals surface area contributed by atoms with Crippen molar-refractivity contribution in [2.24, 2.45) is 0 Å². The Bertz CT molecular complexity index is 1620. The number of rotatable bonds is 7. The summed E-state index contributed by atoms with van der Waals surface area (Å²) in [4.78, 5) is 28.4. The minimum absolute atomic E-state index is 0.0656. The summed E-state index contributed by atoms with van der Waals surface area (Å²) in [6.07, 6.45) is 9.77. The fourth-order valence-corrected chi connectivity index (χ4v) is 5.25. The summed E-state index contributed by atoms with van der Waals surface area (Å²) < 4.78 is 1.65. The van der Waals surface area contributed by atoms with Crippen LogP contribution in [-0.2, 0) is 16.0 Å². The van der Waals surface area contributed by atoms with Crippen molar-refractivity contribution in [2.45, 2.75) is 44.2 Å². The Morgan fingerprint density at radius 3 is 2.61 bits per heavy atom. The van der Waals surface area contributed by atoms with Gasteiger partial charge < -0.3 is 16.0 Å². The Labute approximate surface area is 219 Å². The Morgan fingerprint density at radius 2 is 1.79 bits per heavy atom. The maximum atomic E-state index is 12.0. The minimum Gasteiger partial charge on any atom is -0.382 e. The number of carbonyl (C=O) groups is 2. The average Bonchev–Trinajstić information content (AvgIpc) is 3.35. The topological polar surface area (TPSA) is 112 Å². The molecule has 7 rings (SSSR count). The van der Waals surface area contributed by atoms with Crippen LogP contribution >= 0.6 is 0 Å². The van der Waals surface area contributed by atoms with Gasteiger partial charge in [-0.15, -0.1) is 0 Å². The van der Waals surface area contributed by atoms with Crippen LogP contribution in [0.15, 0.2) is 66.5 Å². The quantitative estimate of drug-likeness (QED) is 0.215. The van der Waals surface area contributed by atoms with E-state index in [2.05, 4.69) is 68.8 Å². The van der Waals surface area contributed by atoms with Crippen molar-refractivity contribution in [3.8, 4) is 0 Å². The molecule has 2 aliphatic carbocycles. The van der Waals surface area contributed by atoms with E-state index in [-0.39, 0.29) is 24.3 Å². The van der Waals surface area contributed by atoms with Crippen LogP contribution in [-0.4, -0.2) is 32.5 Å². The summed E-state index contributed by atoms with van der Waals surface area (Å²) in [5.74, 6) is -0.00269. The van der Waals surface area contributed by atoms with Gasteiger partial charge in [-0.1, -0.05) is 24.3 Å². The molecule has 9 heteroatoms. The van der Waals surface area contributed by atoms with Gasteiger partial charge in [-0.2, -0.15) is 5.10 Å². The van der Waals surface area contributed by atoms with Crippen LogP contribution in [0.5, 0.6) is 0 Å². The molecular weight excluding hydrogens is 478 g/mol. The van der Waals surface area contributed by atoms with Crippen LogP contribution in [0.1, 0.15) is 48.4 Å². The second kappa shape index (κ2) is 9.02. The van der Waals surface area contributed by atoms with Gasteiger partial charge in [-0.3, -0.25) is 14.9 Å². The Hall–Kier alpha value is -4.66. The molecule has 1 aliphatic heterocycles. The van der Waals surface area contributed by atoms with Crippen molar-refractivity contribution in [3.63, 3.8) is 0 Å². The summed E-state index contributed by atoms with van der Waals surface area (Å²) >= 11 is 0. The number of nitrogens with zero attached hydrogens (tertiary/aromatic N) is 3. The van der Waals surface area contributed by atoms with E-state index in [1.54, 1.807) is 16.8 Å². The third kappa shape index (κ3) is 4.47. The van der Waals surface area contributed by atoms with Gasteiger partial charge in [0.1, 0.15) is 5.82 Å². The predicted octanol–water partition coefficient (Wildman–Crippen LogP) is 4.58. The number of imide groups is 1. The number of hydrogen-bond acceptors (Lipinski definition) is 7. The van der Waals surface area contributed by atoms with Gasteiger partial charge in [0.25, 0.3) is 5.91 Å². The summed E-state index contributed by atoms with van der Waals surface area (Å²) in [5.41, 5.74) is 7.51. The first kappa shape index (κ1) is 22.5. The molecule has 9 nitrogen and oxygen atoms in total. The zero-order valence-corrected chi connectivity index (χ0v) is 20.7. The molecule has 0 spiro atoms. The number of hydrogen-bond donors (Lipinski definition) is 4. The lowest BCUT2D eigenvalue weighted by molar-refractivity contribution is -0.124. The van der Waals surface area contributed by atoms with Crippen molar-refractivity contribution >= 4 is 46.4 Å². The van der Waals surface area contributed by atoms with Crippen molar-refractivity contribution in [1.82, 2.24) is 19.9 Å². The van der Waals surface area contributed by atoms with E-state index >= 15 is 0 Å². The molecule has 0 bridgehead atoms. The van der Waals surface area contributed by atoms with Crippen LogP contribution < -0.4 is 21.3 Å². The monoisotopic (exact) mass is 505 g/mol. The molecule has 1 unspecified atom stereocenters. The molecule has 2 aromatic heterocycles. The Morgan fingerprint density at radius 1 is 0.974 bits per heavy atom. The number of benzene rings is 2. The first-order valence-electron chi connectivity index (χ1n) is 13.0. The lowest BCUT2D eigenvalue weighted by atomic mass is 10.1. The summed E-state index contributed by atoms with van der Waals surface area (Å²) in [7, 11) is 0. The standard InChI is InChI=1S/C29H27N7O2/c37-27-12-18(29(38)35-27)11-19-16-30-36-10-9-26(34-28(19)36)33-23-14-21(31-20-6-7-20)13-22(15-23)32-25-8-5-17-3-1-2-4-24(17)25/h1-4,9-11,13-16,20,25,31-32H,5-8,12H2,(H,33,34)(H,35,37,38)/b18-11-. The summed E-state index contributed by atoms with van der Waals surface area (Å²) in [5, 5.41) is 17.5. The lowest BCUT2D eigenvalue weighted by Crippen LogP contribution is -2.19. The van der Waals surface area contributed by atoms with Crippen LogP contribution in [0.4, 0.5) is 22.9 Å². The molecule has 0 radical (unpaired) electrons. The van der Waals surface area contributed by atoms with Crippen molar-refractivity contribution in [1.29, 1.82) is 0 Å². The normalized spacial score (nSPS) is 19.6. The molecule has 1 atom stereocenters. The van der Waals surface area contributed by atoms with E-state index in [4.69, 9.17) is 4.98 Å². The second-order valence-corrected chi connectivity index (χ2v) is 10.2. The summed E-state index contributed by atoms with van der Waals surface area (Å²) in [6.45, 7) is 0. The highest BCUT2D eigenvalue weighted by Gasteiger charge is 2.25. The fourth-order valence-electron chi connectivity index (χ4n) is 5.25. The van der Waals surface area contributed by atoms with Gasteiger partial charge in [-0.05, 0) is 67.2 Å². The van der Waals surface area contributed by atoms with Gasteiger partial charge in [0.05, 0.1) is 18.7 Å². The zero-order valence-electron chi connectivity index (χ0n) is 20.7. The van der Waals surface area contributed by atoms with E-state index in [1.165, 1.54) is 24.0 Å². The largest absolute Gasteiger partial charge is 0.382 e. The molecule has 2 amide bonds. The first-order valence-corrected chi connectivity index (χ1v) is 13.0. The van der Waals surface area contributed by atoms with Gasteiger partial charge in [0, 0.05) is 40.4 Å². The predicted molar refractivity (Wildman–Crippen MR) is 146 cm³/mol. The molecule has 3 heterocycles. The number of carbonyl (C=O) groups excluding carboxylic acids is 2. The molecule has 2 fully saturated rings. The van der Waals surface area contributed by atoms with E-state index in [1.807, 2.05) is 12.3 Å². The van der Waals surface area contributed by atoms with E-state index in [0.29, 0.717) is 28.6 Å². The average molecular weight is 506 g/mol. The Kier molecular flexibility index (Phi) is 5.35. The van der Waals surface area contributed by atoms with E-state index in [0.717, 1.165) is 29.9 Å². The zero-order chi connectivity index (χ0) is 25.6. The molecule has 38 heavy (non-hydrogen) atoms. The van der Waals surface area contributed by atoms with Crippen LogP contribution in [0.25, 0.3) is 11.7 Å². The Balaban J connectivity index is 1.18. The molecule has 1 saturated carbocycles. The molecule has 190 valence electrons. The molecule has 3 aliphatic rings. The summed E-state index contributed by atoms with van der Waals surface area (Å²) in [6, 6.07) is 17.7. The SMILES string of the molecule is O=C1C/C(=C/c2cnn3ccc(Nc4cc(NC5CC5)cc(NC5CCc6ccccc65)c4)nc23)C(=O)N1. The van der Waals surface area contributed by atoms with E-state index < -0.39 is 0 Å². The maximum absolute atomic E-state index is 12.0. The van der Waals surface area contributed by atoms with Gasteiger partial charge in [0.2, 0.25) is 5.91 Å². The maximum Gasteiger partial charge on any atom is 0.254 e. The third-order valence-electron chi connectivity index (χ3n) is 7.25. The number of anilines is 4. The molecule has 4 N–H and O–H groups in total. The third-order valence-corrected chi connectivity index (χ3v) is 7.25. The van der Waals surface area contributed by atoms with Crippen molar-refractivity contribution in [2.75, 3.05) is 16.0 Å². The molecular formula is C29H27N7O2. The van der Waals surface area contributed by atoms with Gasteiger partial charge in [-0.25, -0.2) is 9.50 Å². The van der Waals surface area contributed by atoms with Crippen LogP contribution in [0.2, 0.25) is 0 Å². The fraction of sp³-hybridized carbons (Fsp3) is 0.241. The van der Waals surface area contributed by atoms with Crippen molar-refractivity contribution in [3.05, 3.63) is 83.2 Å². The van der Waals surface area contributed by atoms with Crippen molar-refractivity contribution < 1.29 is 9.59 Å². The molecule has 1 saturated heterocycles. The van der Waals surface area contributed by atoms with Gasteiger partial charge in [0.15, 0.2) is 5.65 Å². The number of amides is 2. The second-order valence-electron chi connectivity index (χ2n) is 10.2. The van der Waals surface area contributed by atoms with E-state index in [9.17, 15) is 9.59 Å². The van der Waals surface area contributed by atoms with Gasteiger partial charge >= 0.3 is 0 Å². The number of aryl methyl sites for hydroxylation is 1. The highest BCUT2D eigenvalue weighted by molar-refractivity contribution is 6.15. The number of fused-ring (bicyclic) bond motifs is 2. The first-order chi connectivity index (χ1) is 18.6. The number of nitrogens with one attached hydrogen (secondary N) is 4. The number of aromatic nitrogens is 3. The lowest BCUT2D eigenvalue weighted by Gasteiger charge is -2.18. The van der Waals surface area contributed by atoms with Crippen LogP contribution in [0, 0.1) is 0 Å². The van der Waals surface area contributed by atoms with Crippen LogP contribution in [0.3, 0.4) is 0 Å².